The van der Waals surface area contributed by atoms with E-state index in [9.17, 15) is 0 Å². The molecule has 1 unspecified atom stereocenters. The predicted molar refractivity (Wildman–Crippen MR) is 114 cm³/mol. The minimum Gasteiger partial charge on any atom is -0.396 e. The summed E-state index contributed by atoms with van der Waals surface area (Å²) in [5, 5.41) is 16.2. The smallest absolute Gasteiger partial charge is 0.0807 e. The van der Waals surface area contributed by atoms with Crippen molar-refractivity contribution in [2.75, 3.05) is 19.8 Å². The SMILES string of the molecule is C=CCC.C=CCC.C=CCCO.CC/C=C/CCO.CCC1CO1. The number of epoxide rings is 1. The van der Waals surface area contributed by atoms with E-state index < -0.39 is 0 Å². The van der Waals surface area contributed by atoms with Gasteiger partial charge in [0, 0.05) is 13.2 Å². The Morgan fingerprint density at radius 1 is 0.800 bits per heavy atom. The van der Waals surface area contributed by atoms with E-state index in [2.05, 4.69) is 53.5 Å². The van der Waals surface area contributed by atoms with Gasteiger partial charge in [0.15, 0.2) is 0 Å². The van der Waals surface area contributed by atoms with Crippen molar-refractivity contribution in [1.82, 2.24) is 0 Å². The van der Waals surface area contributed by atoms with Crippen molar-refractivity contribution in [2.45, 2.75) is 72.3 Å². The molecule has 1 heterocycles. The summed E-state index contributed by atoms with van der Waals surface area (Å²) in [6.07, 6.45) is 16.0. The van der Waals surface area contributed by atoms with E-state index in [4.69, 9.17) is 14.9 Å². The summed E-state index contributed by atoms with van der Waals surface area (Å²) in [5.41, 5.74) is 0. The van der Waals surface area contributed by atoms with Gasteiger partial charge in [-0.15, -0.1) is 19.7 Å². The summed E-state index contributed by atoms with van der Waals surface area (Å²) in [7, 11) is 0. The van der Waals surface area contributed by atoms with Crippen LogP contribution in [0.2, 0.25) is 0 Å². The molecule has 1 aliphatic heterocycles. The molecule has 2 N–H and O–H groups in total. The van der Waals surface area contributed by atoms with Crippen molar-refractivity contribution in [1.29, 1.82) is 0 Å². The van der Waals surface area contributed by atoms with E-state index in [1.54, 1.807) is 6.08 Å². The van der Waals surface area contributed by atoms with Crippen molar-refractivity contribution < 1.29 is 14.9 Å². The fourth-order valence-electron chi connectivity index (χ4n) is 0.754. The summed E-state index contributed by atoms with van der Waals surface area (Å²) in [6, 6.07) is 0. The molecule has 0 aromatic carbocycles. The molecule has 1 aliphatic rings. The maximum atomic E-state index is 8.24. The zero-order valence-corrected chi connectivity index (χ0v) is 17.3. The molecule has 0 spiro atoms. The first-order chi connectivity index (χ1) is 12.1. The van der Waals surface area contributed by atoms with E-state index in [-0.39, 0.29) is 13.2 Å². The van der Waals surface area contributed by atoms with Crippen molar-refractivity contribution in [3.63, 3.8) is 0 Å². The maximum Gasteiger partial charge on any atom is 0.0807 e. The van der Waals surface area contributed by atoms with Crippen LogP contribution >= 0.6 is 0 Å². The Labute approximate surface area is 157 Å². The topological polar surface area (TPSA) is 53.0 Å². The van der Waals surface area contributed by atoms with E-state index in [1.807, 2.05) is 18.2 Å². The second-order valence-electron chi connectivity index (χ2n) is 4.95. The van der Waals surface area contributed by atoms with Crippen LogP contribution in [-0.4, -0.2) is 36.1 Å². The van der Waals surface area contributed by atoms with E-state index in [0.29, 0.717) is 12.5 Å². The van der Waals surface area contributed by atoms with Gasteiger partial charge in [-0.05, 0) is 38.5 Å². The van der Waals surface area contributed by atoms with Gasteiger partial charge < -0.3 is 14.9 Å². The first-order valence-corrected chi connectivity index (χ1v) is 9.40. The fraction of sp³-hybridized carbons (Fsp3) is 0.636. The van der Waals surface area contributed by atoms with Crippen LogP contribution in [0.25, 0.3) is 0 Å². The lowest BCUT2D eigenvalue weighted by molar-refractivity contribution is 0.302. The molecule has 3 nitrogen and oxygen atoms in total. The van der Waals surface area contributed by atoms with E-state index in [1.165, 1.54) is 6.42 Å². The predicted octanol–water partition coefficient (Wildman–Crippen LogP) is 5.85. The molecule has 0 saturated carbocycles. The van der Waals surface area contributed by atoms with Crippen molar-refractivity contribution >= 4 is 0 Å². The molecule has 0 aromatic heterocycles. The number of aliphatic hydroxyl groups excluding tert-OH is 2. The van der Waals surface area contributed by atoms with Crippen LogP contribution in [0.4, 0.5) is 0 Å². The number of ether oxygens (including phenoxy) is 1. The minimum absolute atomic E-state index is 0.226. The Hall–Kier alpha value is -1.16. The molecule has 0 radical (unpaired) electrons. The molecule has 3 heteroatoms. The third kappa shape index (κ3) is 70.8. The Morgan fingerprint density at radius 2 is 1.24 bits per heavy atom. The highest BCUT2D eigenvalue weighted by Gasteiger charge is 2.18. The molecule has 25 heavy (non-hydrogen) atoms. The Bertz CT molecular complexity index is 248. The second-order valence-corrected chi connectivity index (χ2v) is 4.95. The summed E-state index contributed by atoms with van der Waals surface area (Å²) < 4.78 is 4.86. The maximum absolute atomic E-state index is 8.24. The van der Waals surface area contributed by atoms with Crippen LogP contribution in [-0.2, 0) is 4.74 Å². The first-order valence-electron chi connectivity index (χ1n) is 9.40. The van der Waals surface area contributed by atoms with Crippen molar-refractivity contribution in [3.05, 3.63) is 50.1 Å². The van der Waals surface area contributed by atoms with Gasteiger partial charge in [-0.3, -0.25) is 0 Å². The summed E-state index contributed by atoms with van der Waals surface area (Å²) in [4.78, 5) is 0. The van der Waals surface area contributed by atoms with Gasteiger partial charge in [-0.1, -0.05) is 58.1 Å². The summed E-state index contributed by atoms with van der Waals surface area (Å²) in [5.74, 6) is 0. The average molecular weight is 357 g/mol. The number of aliphatic hydroxyl groups is 2. The molecule has 150 valence electrons. The zero-order valence-electron chi connectivity index (χ0n) is 17.3. The van der Waals surface area contributed by atoms with Crippen LogP contribution in [0.1, 0.15) is 66.2 Å². The number of allylic oxidation sites excluding steroid dienone is 3. The van der Waals surface area contributed by atoms with Gasteiger partial charge in [0.25, 0.3) is 0 Å². The van der Waals surface area contributed by atoms with E-state index in [0.717, 1.165) is 32.3 Å². The van der Waals surface area contributed by atoms with Crippen LogP contribution in [0.5, 0.6) is 0 Å². The van der Waals surface area contributed by atoms with Gasteiger partial charge in [0.2, 0.25) is 0 Å². The monoisotopic (exact) mass is 356 g/mol. The van der Waals surface area contributed by atoms with Crippen LogP contribution < -0.4 is 0 Å². The third-order valence-corrected chi connectivity index (χ3v) is 2.47. The Morgan fingerprint density at radius 3 is 1.36 bits per heavy atom. The van der Waals surface area contributed by atoms with Crippen molar-refractivity contribution in [2.24, 2.45) is 0 Å². The lowest BCUT2D eigenvalue weighted by atomic mass is 10.3. The first kappa shape index (κ1) is 31.6. The van der Waals surface area contributed by atoms with Crippen molar-refractivity contribution in [3.8, 4) is 0 Å². The summed E-state index contributed by atoms with van der Waals surface area (Å²) in [6.45, 7) is 20.2. The lowest BCUT2D eigenvalue weighted by Gasteiger charge is -1.79. The molecular weight excluding hydrogens is 312 g/mol. The Balaban J connectivity index is -0.000000112. The van der Waals surface area contributed by atoms with E-state index >= 15 is 0 Å². The zero-order chi connectivity index (χ0) is 20.2. The third-order valence-electron chi connectivity index (χ3n) is 2.47. The van der Waals surface area contributed by atoms with Gasteiger partial charge in [0.1, 0.15) is 0 Å². The molecule has 0 amide bonds. The van der Waals surface area contributed by atoms with Crippen LogP contribution in [0.3, 0.4) is 0 Å². The molecule has 1 fully saturated rings. The summed E-state index contributed by atoms with van der Waals surface area (Å²) >= 11 is 0. The molecular formula is C22H44O3. The molecule has 0 aromatic rings. The molecule has 1 atom stereocenters. The van der Waals surface area contributed by atoms with Gasteiger partial charge in [-0.25, -0.2) is 0 Å². The molecule has 1 saturated heterocycles. The highest BCUT2D eigenvalue weighted by Crippen LogP contribution is 2.10. The van der Waals surface area contributed by atoms with Gasteiger partial charge >= 0.3 is 0 Å². The number of hydrogen-bond acceptors (Lipinski definition) is 3. The Kier molecular flexibility index (Phi) is 48.6. The molecule has 0 bridgehead atoms. The highest BCUT2D eigenvalue weighted by atomic mass is 16.6. The fourth-order valence-corrected chi connectivity index (χ4v) is 0.754. The molecule has 0 aliphatic carbocycles. The number of hydrogen-bond donors (Lipinski definition) is 2. The highest BCUT2D eigenvalue weighted by molar-refractivity contribution is 4.79. The largest absolute Gasteiger partial charge is 0.396 e. The van der Waals surface area contributed by atoms with Crippen LogP contribution in [0.15, 0.2) is 50.1 Å². The number of rotatable bonds is 8. The quantitative estimate of drug-likeness (QED) is 0.424. The van der Waals surface area contributed by atoms with Gasteiger partial charge in [-0.2, -0.15) is 0 Å². The minimum atomic E-state index is 0.226. The average Bonchev–Trinajstić information content (AvgIpc) is 3.49. The van der Waals surface area contributed by atoms with Crippen LogP contribution in [0, 0.1) is 0 Å². The molecule has 1 rings (SSSR count). The van der Waals surface area contributed by atoms with Gasteiger partial charge in [0.05, 0.1) is 12.7 Å². The lowest BCUT2D eigenvalue weighted by Crippen LogP contribution is -1.73. The second kappa shape index (κ2) is 38.4. The standard InChI is InChI=1S/C6H12O.2C4H8O.2C4H8/c1-2-3-4-5-6-7;1-2-4-3-5-4;1-2-3-4-5;2*1-3-4-2/h3-4,7H,2,5-6H2,1H3;4H,2-3H2,1H3;2,5H,1,3-4H2;2*3H,1,4H2,2H3/b4-3+;;;;. The normalized spacial score (nSPS) is 13.3.